The zero-order valence-electron chi connectivity index (χ0n) is 12.3. The Morgan fingerprint density at radius 1 is 1.19 bits per heavy atom. The lowest BCUT2D eigenvalue weighted by Gasteiger charge is -2.28. The molecule has 21 heavy (non-hydrogen) atoms. The third-order valence-corrected chi connectivity index (χ3v) is 4.76. The SMILES string of the molecule is NC(=O)O[C@H]1CC[C@H](CNC2CC2c2ccccc2)CC1. The van der Waals surface area contributed by atoms with Crippen LogP contribution in [0.25, 0.3) is 0 Å². The standard InChI is InChI=1S/C17H24N2O2/c18-17(20)21-14-8-6-12(7-9-14)11-19-16-10-15(16)13-4-2-1-3-5-13/h1-5,12,14-16,19H,6-11H2,(H2,18,20)/t12-,14-,15?,16?. The van der Waals surface area contributed by atoms with E-state index < -0.39 is 6.09 Å². The van der Waals surface area contributed by atoms with Crippen molar-refractivity contribution in [1.29, 1.82) is 0 Å². The molecule has 3 rings (SSSR count). The molecule has 2 aliphatic carbocycles. The smallest absolute Gasteiger partial charge is 0.404 e. The second-order valence-electron chi connectivity index (χ2n) is 6.35. The van der Waals surface area contributed by atoms with Gasteiger partial charge in [-0.25, -0.2) is 4.79 Å². The Kier molecular flexibility index (Phi) is 4.44. The molecule has 0 aromatic heterocycles. The van der Waals surface area contributed by atoms with E-state index in [0.717, 1.165) is 32.2 Å². The summed E-state index contributed by atoms with van der Waals surface area (Å²) in [6, 6.07) is 11.4. The van der Waals surface area contributed by atoms with Crippen LogP contribution in [0.3, 0.4) is 0 Å². The molecular formula is C17H24N2O2. The molecule has 0 aliphatic heterocycles. The van der Waals surface area contributed by atoms with Crippen molar-refractivity contribution in [2.45, 2.75) is 50.2 Å². The van der Waals surface area contributed by atoms with Gasteiger partial charge in [-0.05, 0) is 50.1 Å². The maximum atomic E-state index is 10.7. The maximum absolute atomic E-state index is 10.7. The molecule has 0 radical (unpaired) electrons. The highest BCUT2D eigenvalue weighted by Crippen LogP contribution is 2.40. The van der Waals surface area contributed by atoms with E-state index in [0.29, 0.717) is 17.9 Å². The van der Waals surface area contributed by atoms with Crippen molar-refractivity contribution in [3.05, 3.63) is 35.9 Å². The predicted octanol–water partition coefficient (Wildman–Crippen LogP) is 2.79. The average Bonchev–Trinajstić information content (AvgIpc) is 3.27. The van der Waals surface area contributed by atoms with E-state index >= 15 is 0 Å². The first-order valence-electron chi connectivity index (χ1n) is 7.97. The number of ether oxygens (including phenoxy) is 1. The Morgan fingerprint density at radius 3 is 2.57 bits per heavy atom. The topological polar surface area (TPSA) is 64.4 Å². The first-order valence-corrected chi connectivity index (χ1v) is 7.97. The van der Waals surface area contributed by atoms with Crippen LogP contribution < -0.4 is 11.1 Å². The number of carbonyl (C=O) groups is 1. The van der Waals surface area contributed by atoms with E-state index in [-0.39, 0.29) is 6.10 Å². The third-order valence-electron chi connectivity index (χ3n) is 4.76. The second-order valence-corrected chi connectivity index (χ2v) is 6.35. The molecule has 2 saturated carbocycles. The molecule has 2 aliphatic rings. The first-order chi connectivity index (χ1) is 10.2. The normalized spacial score (nSPS) is 31.6. The Bertz CT molecular complexity index is 469. The number of hydrogen-bond acceptors (Lipinski definition) is 3. The summed E-state index contributed by atoms with van der Waals surface area (Å²) in [5.74, 6) is 1.40. The van der Waals surface area contributed by atoms with Crippen molar-refractivity contribution in [2.75, 3.05) is 6.54 Å². The van der Waals surface area contributed by atoms with Gasteiger partial charge >= 0.3 is 6.09 Å². The molecule has 2 atom stereocenters. The summed E-state index contributed by atoms with van der Waals surface area (Å²) >= 11 is 0. The highest BCUT2D eigenvalue weighted by molar-refractivity contribution is 5.64. The highest BCUT2D eigenvalue weighted by atomic mass is 16.6. The van der Waals surface area contributed by atoms with Gasteiger partial charge < -0.3 is 15.8 Å². The van der Waals surface area contributed by atoms with Crippen LogP contribution in [-0.2, 0) is 4.74 Å². The lowest BCUT2D eigenvalue weighted by molar-refractivity contribution is 0.0709. The maximum Gasteiger partial charge on any atom is 0.404 e. The minimum Gasteiger partial charge on any atom is -0.446 e. The van der Waals surface area contributed by atoms with E-state index in [1.807, 2.05) is 0 Å². The van der Waals surface area contributed by atoms with Crippen LogP contribution in [0, 0.1) is 5.92 Å². The molecule has 1 aromatic rings. The monoisotopic (exact) mass is 288 g/mol. The number of amides is 1. The Labute approximate surface area is 126 Å². The number of benzene rings is 1. The van der Waals surface area contributed by atoms with Gasteiger partial charge in [0, 0.05) is 12.0 Å². The molecule has 1 aromatic carbocycles. The molecule has 0 saturated heterocycles. The summed E-state index contributed by atoms with van der Waals surface area (Å²) < 4.78 is 5.07. The summed E-state index contributed by atoms with van der Waals surface area (Å²) in [5.41, 5.74) is 6.51. The van der Waals surface area contributed by atoms with Crippen molar-refractivity contribution in [2.24, 2.45) is 11.7 Å². The Balaban J connectivity index is 1.35. The van der Waals surface area contributed by atoms with E-state index in [1.54, 1.807) is 0 Å². The summed E-state index contributed by atoms with van der Waals surface area (Å²) in [6.07, 6.45) is 4.78. The molecule has 2 unspecified atom stereocenters. The molecule has 114 valence electrons. The lowest BCUT2D eigenvalue weighted by Crippen LogP contribution is -2.32. The van der Waals surface area contributed by atoms with Crippen LogP contribution in [0.15, 0.2) is 30.3 Å². The second kappa shape index (κ2) is 6.48. The lowest BCUT2D eigenvalue weighted by atomic mass is 9.87. The number of hydrogen-bond donors (Lipinski definition) is 2. The molecule has 4 heteroatoms. The van der Waals surface area contributed by atoms with Gasteiger partial charge in [0.05, 0.1) is 0 Å². The quantitative estimate of drug-likeness (QED) is 0.875. The van der Waals surface area contributed by atoms with E-state index in [1.165, 1.54) is 12.0 Å². The van der Waals surface area contributed by atoms with E-state index in [4.69, 9.17) is 10.5 Å². The van der Waals surface area contributed by atoms with Gasteiger partial charge in [-0.1, -0.05) is 30.3 Å². The summed E-state index contributed by atoms with van der Waals surface area (Å²) in [7, 11) is 0. The van der Waals surface area contributed by atoms with Gasteiger partial charge in [0.1, 0.15) is 6.10 Å². The van der Waals surface area contributed by atoms with Crippen LogP contribution in [0.1, 0.15) is 43.6 Å². The minimum atomic E-state index is -0.639. The number of nitrogens with one attached hydrogen (secondary N) is 1. The highest BCUT2D eigenvalue weighted by Gasteiger charge is 2.38. The van der Waals surface area contributed by atoms with Crippen molar-refractivity contribution >= 4 is 6.09 Å². The molecule has 0 spiro atoms. The minimum absolute atomic E-state index is 0.0387. The first kappa shape index (κ1) is 14.4. The van der Waals surface area contributed by atoms with Crippen molar-refractivity contribution in [3.8, 4) is 0 Å². The van der Waals surface area contributed by atoms with Crippen molar-refractivity contribution in [3.63, 3.8) is 0 Å². The Morgan fingerprint density at radius 2 is 1.90 bits per heavy atom. The van der Waals surface area contributed by atoms with Gasteiger partial charge in [0.25, 0.3) is 0 Å². The van der Waals surface area contributed by atoms with Gasteiger partial charge in [0.2, 0.25) is 0 Å². The summed E-state index contributed by atoms with van der Waals surface area (Å²) in [4.78, 5) is 10.7. The van der Waals surface area contributed by atoms with Gasteiger partial charge in [-0.3, -0.25) is 0 Å². The number of primary amides is 1. The predicted molar refractivity (Wildman–Crippen MR) is 82.0 cm³/mol. The fourth-order valence-corrected chi connectivity index (χ4v) is 3.43. The molecular weight excluding hydrogens is 264 g/mol. The fraction of sp³-hybridized carbons (Fsp3) is 0.588. The fourth-order valence-electron chi connectivity index (χ4n) is 3.43. The molecule has 3 N–H and O–H groups in total. The average molecular weight is 288 g/mol. The van der Waals surface area contributed by atoms with Crippen LogP contribution in [0.2, 0.25) is 0 Å². The van der Waals surface area contributed by atoms with Gasteiger partial charge in [-0.2, -0.15) is 0 Å². The molecule has 4 nitrogen and oxygen atoms in total. The zero-order valence-corrected chi connectivity index (χ0v) is 12.3. The van der Waals surface area contributed by atoms with E-state index in [2.05, 4.69) is 35.6 Å². The van der Waals surface area contributed by atoms with Crippen molar-refractivity contribution < 1.29 is 9.53 Å². The van der Waals surface area contributed by atoms with Crippen LogP contribution in [-0.4, -0.2) is 24.8 Å². The zero-order chi connectivity index (χ0) is 14.7. The van der Waals surface area contributed by atoms with E-state index in [9.17, 15) is 4.79 Å². The number of carbonyl (C=O) groups excluding carboxylic acids is 1. The summed E-state index contributed by atoms with van der Waals surface area (Å²) in [5, 5.41) is 3.70. The van der Waals surface area contributed by atoms with Crippen molar-refractivity contribution in [1.82, 2.24) is 5.32 Å². The molecule has 0 bridgehead atoms. The van der Waals surface area contributed by atoms with Crippen LogP contribution in [0.4, 0.5) is 4.79 Å². The number of rotatable bonds is 5. The van der Waals surface area contributed by atoms with Crippen LogP contribution >= 0.6 is 0 Å². The van der Waals surface area contributed by atoms with Crippen LogP contribution in [0.5, 0.6) is 0 Å². The largest absolute Gasteiger partial charge is 0.446 e. The molecule has 0 heterocycles. The number of nitrogens with two attached hydrogens (primary N) is 1. The molecule has 1 amide bonds. The third kappa shape index (κ3) is 3.97. The van der Waals surface area contributed by atoms with Gasteiger partial charge in [0.15, 0.2) is 0 Å². The Hall–Kier alpha value is -1.55. The summed E-state index contributed by atoms with van der Waals surface area (Å²) in [6.45, 7) is 1.08. The van der Waals surface area contributed by atoms with Gasteiger partial charge in [-0.15, -0.1) is 0 Å². The molecule has 2 fully saturated rings.